The minimum absolute atomic E-state index is 0.222. The molecular formula is C14H19N3O. The molecule has 4 heteroatoms. The maximum Gasteiger partial charge on any atom is 0.346 e. The Morgan fingerprint density at radius 2 is 1.83 bits per heavy atom. The molecule has 0 aliphatic carbocycles. The van der Waals surface area contributed by atoms with E-state index in [0.29, 0.717) is 12.4 Å². The third-order valence-corrected chi connectivity index (χ3v) is 3.79. The summed E-state index contributed by atoms with van der Waals surface area (Å²) < 4.78 is 0. The number of aliphatic imine (C=N–C) groups is 1. The van der Waals surface area contributed by atoms with Crippen LogP contribution in [-0.4, -0.2) is 22.3 Å². The minimum atomic E-state index is -0.410. The van der Waals surface area contributed by atoms with Crippen molar-refractivity contribution in [2.75, 3.05) is 0 Å². The van der Waals surface area contributed by atoms with Gasteiger partial charge in [0.25, 0.3) is 0 Å². The Labute approximate surface area is 108 Å². The summed E-state index contributed by atoms with van der Waals surface area (Å²) in [6, 6.07) is 9.71. The van der Waals surface area contributed by atoms with Gasteiger partial charge in [-0.15, -0.1) is 0 Å². The first-order valence-electron chi connectivity index (χ1n) is 6.34. The van der Waals surface area contributed by atoms with Gasteiger partial charge in [-0.1, -0.05) is 44.2 Å². The van der Waals surface area contributed by atoms with E-state index in [1.807, 2.05) is 44.2 Å². The highest BCUT2D eigenvalue weighted by atomic mass is 16.2. The Morgan fingerprint density at radius 3 is 2.39 bits per heavy atom. The van der Waals surface area contributed by atoms with Crippen molar-refractivity contribution < 1.29 is 4.79 Å². The van der Waals surface area contributed by atoms with Crippen molar-refractivity contribution in [3.63, 3.8) is 0 Å². The van der Waals surface area contributed by atoms with Gasteiger partial charge in [-0.05, 0) is 18.4 Å². The average Bonchev–Trinajstić information content (AvgIpc) is 2.63. The highest BCUT2D eigenvalue weighted by Gasteiger charge is 2.45. The van der Waals surface area contributed by atoms with Crippen LogP contribution in [0.15, 0.2) is 35.3 Å². The van der Waals surface area contributed by atoms with Gasteiger partial charge in [-0.3, -0.25) is 0 Å². The number of nitrogens with zero attached hydrogens (tertiary/aromatic N) is 2. The minimum Gasteiger partial charge on any atom is -0.385 e. The zero-order valence-electron chi connectivity index (χ0n) is 10.9. The normalized spacial score (nSPS) is 18.0. The first-order chi connectivity index (χ1) is 8.64. The number of amidine groups is 1. The predicted molar refractivity (Wildman–Crippen MR) is 72.3 cm³/mol. The van der Waals surface area contributed by atoms with Crippen molar-refractivity contribution in [3.8, 4) is 0 Å². The van der Waals surface area contributed by atoms with Gasteiger partial charge in [0, 0.05) is 6.54 Å². The molecule has 0 fully saturated rings. The summed E-state index contributed by atoms with van der Waals surface area (Å²) >= 11 is 0. The first-order valence-corrected chi connectivity index (χ1v) is 6.34. The Bertz CT molecular complexity index is 463. The second-order valence-electron chi connectivity index (χ2n) is 4.59. The van der Waals surface area contributed by atoms with E-state index in [1.54, 1.807) is 4.90 Å². The van der Waals surface area contributed by atoms with E-state index in [1.165, 1.54) is 0 Å². The van der Waals surface area contributed by atoms with Crippen molar-refractivity contribution in [1.82, 2.24) is 4.90 Å². The molecule has 96 valence electrons. The van der Waals surface area contributed by atoms with Gasteiger partial charge in [0.15, 0.2) is 0 Å². The van der Waals surface area contributed by atoms with Crippen LogP contribution in [0, 0.1) is 0 Å². The van der Waals surface area contributed by atoms with Crippen LogP contribution in [0.5, 0.6) is 0 Å². The Hall–Kier alpha value is -1.84. The fourth-order valence-electron chi connectivity index (χ4n) is 2.57. The highest BCUT2D eigenvalue weighted by molar-refractivity contribution is 6.05. The zero-order valence-corrected chi connectivity index (χ0v) is 10.9. The molecule has 0 unspecified atom stereocenters. The maximum absolute atomic E-state index is 12.0. The zero-order chi connectivity index (χ0) is 13.2. The summed E-state index contributed by atoms with van der Waals surface area (Å²) in [7, 11) is 0. The molecule has 0 spiro atoms. The van der Waals surface area contributed by atoms with Gasteiger partial charge >= 0.3 is 6.03 Å². The molecule has 18 heavy (non-hydrogen) atoms. The molecule has 2 N–H and O–H groups in total. The van der Waals surface area contributed by atoms with E-state index >= 15 is 0 Å². The number of hydrogen-bond acceptors (Lipinski definition) is 2. The summed E-state index contributed by atoms with van der Waals surface area (Å²) in [6.07, 6.45) is 1.58. The number of nitrogens with two attached hydrogens (primary N) is 1. The van der Waals surface area contributed by atoms with Gasteiger partial charge in [0.1, 0.15) is 11.4 Å². The van der Waals surface area contributed by atoms with Crippen LogP contribution in [0.25, 0.3) is 0 Å². The molecule has 0 bridgehead atoms. The van der Waals surface area contributed by atoms with E-state index in [-0.39, 0.29) is 6.03 Å². The summed E-state index contributed by atoms with van der Waals surface area (Å²) in [6.45, 7) is 4.65. The Morgan fingerprint density at radius 1 is 1.22 bits per heavy atom. The molecule has 0 saturated heterocycles. The SMILES string of the molecule is CCC1(CC)C(N)=NC(=O)N1Cc1ccccc1. The third kappa shape index (κ3) is 1.88. The molecule has 0 saturated carbocycles. The summed E-state index contributed by atoms with van der Waals surface area (Å²) in [5.74, 6) is 0.452. The molecule has 1 aliphatic rings. The average molecular weight is 245 g/mol. The van der Waals surface area contributed by atoms with Crippen molar-refractivity contribution in [2.45, 2.75) is 38.8 Å². The molecule has 2 amide bonds. The number of carbonyl (C=O) groups excluding carboxylic acids is 1. The largest absolute Gasteiger partial charge is 0.385 e. The lowest BCUT2D eigenvalue weighted by atomic mass is 9.90. The second kappa shape index (κ2) is 4.80. The first kappa shape index (κ1) is 12.6. The fourth-order valence-corrected chi connectivity index (χ4v) is 2.57. The van der Waals surface area contributed by atoms with Crippen LogP contribution in [0.4, 0.5) is 4.79 Å². The molecule has 4 nitrogen and oxygen atoms in total. The molecule has 0 aromatic heterocycles. The number of carbonyl (C=O) groups is 1. The van der Waals surface area contributed by atoms with Crippen LogP contribution in [0.3, 0.4) is 0 Å². The number of rotatable bonds is 4. The number of hydrogen-bond donors (Lipinski definition) is 1. The summed E-state index contributed by atoms with van der Waals surface area (Å²) in [5.41, 5.74) is 6.65. The number of benzene rings is 1. The predicted octanol–water partition coefficient (Wildman–Crippen LogP) is 2.54. The highest BCUT2D eigenvalue weighted by Crippen LogP contribution is 2.31. The molecule has 2 rings (SSSR count). The van der Waals surface area contributed by atoms with Crippen molar-refractivity contribution in [1.29, 1.82) is 0 Å². The Kier molecular flexibility index (Phi) is 3.36. The van der Waals surface area contributed by atoms with Crippen LogP contribution >= 0.6 is 0 Å². The van der Waals surface area contributed by atoms with E-state index in [2.05, 4.69) is 4.99 Å². The van der Waals surface area contributed by atoms with E-state index < -0.39 is 5.54 Å². The molecule has 1 heterocycles. The molecule has 0 radical (unpaired) electrons. The molecule has 0 atom stereocenters. The topological polar surface area (TPSA) is 58.7 Å². The van der Waals surface area contributed by atoms with Crippen LogP contribution < -0.4 is 5.73 Å². The van der Waals surface area contributed by atoms with Gasteiger partial charge in [0.2, 0.25) is 0 Å². The summed E-state index contributed by atoms with van der Waals surface area (Å²) in [5, 5.41) is 0. The van der Waals surface area contributed by atoms with E-state index in [0.717, 1.165) is 18.4 Å². The fraction of sp³-hybridized carbons (Fsp3) is 0.429. The van der Waals surface area contributed by atoms with Gasteiger partial charge < -0.3 is 10.6 Å². The van der Waals surface area contributed by atoms with Crippen LogP contribution in [0.1, 0.15) is 32.3 Å². The lowest BCUT2D eigenvalue weighted by molar-refractivity contribution is 0.159. The van der Waals surface area contributed by atoms with Gasteiger partial charge in [-0.2, -0.15) is 4.99 Å². The van der Waals surface area contributed by atoms with Crippen molar-refractivity contribution in [2.24, 2.45) is 10.7 Å². The van der Waals surface area contributed by atoms with E-state index in [4.69, 9.17) is 5.73 Å². The Balaban J connectivity index is 2.29. The molecule has 1 aliphatic heterocycles. The quantitative estimate of drug-likeness (QED) is 0.886. The second-order valence-corrected chi connectivity index (χ2v) is 4.59. The van der Waals surface area contributed by atoms with E-state index in [9.17, 15) is 4.79 Å². The van der Waals surface area contributed by atoms with Gasteiger partial charge in [-0.25, -0.2) is 4.79 Å². The monoisotopic (exact) mass is 245 g/mol. The summed E-state index contributed by atoms with van der Waals surface area (Å²) in [4.78, 5) is 17.7. The molecular weight excluding hydrogens is 226 g/mol. The van der Waals surface area contributed by atoms with Crippen LogP contribution in [0.2, 0.25) is 0 Å². The maximum atomic E-state index is 12.0. The standard InChI is InChI=1S/C14H19N3O/c1-3-14(4-2)12(15)16-13(18)17(14)10-11-8-6-5-7-9-11/h5-9H,3-4,10H2,1-2H3,(H2,15,16,18). The lowest BCUT2D eigenvalue weighted by Gasteiger charge is -2.36. The number of amides is 2. The van der Waals surface area contributed by atoms with Crippen LogP contribution in [-0.2, 0) is 6.54 Å². The lowest BCUT2D eigenvalue weighted by Crippen LogP contribution is -2.52. The molecule has 1 aromatic carbocycles. The third-order valence-electron chi connectivity index (χ3n) is 3.79. The van der Waals surface area contributed by atoms with Crippen molar-refractivity contribution in [3.05, 3.63) is 35.9 Å². The smallest absolute Gasteiger partial charge is 0.346 e. The molecule has 1 aromatic rings. The van der Waals surface area contributed by atoms with Gasteiger partial charge in [0.05, 0.1) is 0 Å². The van der Waals surface area contributed by atoms with Crippen molar-refractivity contribution >= 4 is 11.9 Å². The number of urea groups is 1.